The summed E-state index contributed by atoms with van der Waals surface area (Å²) >= 11 is 1.31. The fourth-order valence-electron chi connectivity index (χ4n) is 3.90. The molecule has 3 aromatic rings. The lowest BCUT2D eigenvalue weighted by atomic mass is 9.98. The summed E-state index contributed by atoms with van der Waals surface area (Å²) in [6, 6.07) is 17.9. The van der Waals surface area contributed by atoms with E-state index in [1.54, 1.807) is 6.92 Å². The van der Waals surface area contributed by atoms with Crippen molar-refractivity contribution in [1.29, 1.82) is 5.26 Å². The maximum atomic E-state index is 12.6. The summed E-state index contributed by atoms with van der Waals surface area (Å²) in [5.74, 6) is 2.36. The number of aromatic nitrogens is 3. The Morgan fingerprint density at radius 3 is 2.76 bits per heavy atom. The predicted octanol–water partition coefficient (Wildman–Crippen LogP) is 3.62. The zero-order valence-electron chi connectivity index (χ0n) is 18.2. The van der Waals surface area contributed by atoms with E-state index in [0.29, 0.717) is 17.5 Å². The summed E-state index contributed by atoms with van der Waals surface area (Å²) in [7, 11) is 0. The summed E-state index contributed by atoms with van der Waals surface area (Å²) in [5.41, 5.74) is 1.13. The highest BCUT2D eigenvalue weighted by Crippen LogP contribution is 2.39. The number of rotatable bonds is 8. The molecule has 0 saturated heterocycles. The Labute approximate surface area is 195 Å². The van der Waals surface area contributed by atoms with Crippen molar-refractivity contribution >= 4 is 17.7 Å². The Morgan fingerprint density at radius 1 is 1.21 bits per heavy atom. The molecule has 1 aliphatic carbocycles. The van der Waals surface area contributed by atoms with Crippen LogP contribution in [0, 0.1) is 17.2 Å². The van der Waals surface area contributed by atoms with E-state index in [2.05, 4.69) is 21.6 Å². The molecule has 1 unspecified atom stereocenters. The van der Waals surface area contributed by atoms with Crippen molar-refractivity contribution < 1.29 is 14.3 Å². The second kappa shape index (κ2) is 8.79. The first-order valence-electron chi connectivity index (χ1n) is 10.8. The van der Waals surface area contributed by atoms with E-state index >= 15 is 0 Å². The third-order valence-corrected chi connectivity index (χ3v) is 6.85. The molecule has 2 aliphatic rings. The predicted molar refractivity (Wildman–Crippen MR) is 123 cm³/mol. The van der Waals surface area contributed by atoms with Gasteiger partial charge in [-0.2, -0.15) is 5.26 Å². The van der Waals surface area contributed by atoms with Gasteiger partial charge in [0.1, 0.15) is 5.54 Å². The van der Waals surface area contributed by atoms with E-state index in [9.17, 15) is 10.1 Å². The van der Waals surface area contributed by atoms with Crippen molar-refractivity contribution in [3.05, 3.63) is 54.1 Å². The number of carbonyl (C=O) groups is 1. The average Bonchev–Trinajstić information content (AvgIpc) is 3.48. The Hall–Kier alpha value is -3.51. The number of benzene rings is 2. The number of amides is 1. The molecule has 1 N–H and O–H groups in total. The lowest BCUT2D eigenvalue weighted by Gasteiger charge is -2.22. The monoisotopic (exact) mass is 461 g/mol. The van der Waals surface area contributed by atoms with Gasteiger partial charge >= 0.3 is 0 Å². The van der Waals surface area contributed by atoms with Crippen LogP contribution in [0.3, 0.4) is 0 Å². The number of thioether (sulfide) groups is 1. The van der Waals surface area contributed by atoms with Crippen LogP contribution in [-0.2, 0) is 11.3 Å². The van der Waals surface area contributed by atoms with Gasteiger partial charge in [-0.25, -0.2) is 0 Å². The molecule has 0 radical (unpaired) electrons. The second-order valence-electron chi connectivity index (χ2n) is 8.37. The molecule has 5 rings (SSSR count). The van der Waals surface area contributed by atoms with E-state index in [0.717, 1.165) is 35.5 Å². The largest absolute Gasteiger partial charge is 0.454 e. The van der Waals surface area contributed by atoms with Gasteiger partial charge in [0.25, 0.3) is 0 Å². The number of nitrogens with zero attached hydrogens (tertiary/aromatic N) is 4. The topological polar surface area (TPSA) is 102 Å². The van der Waals surface area contributed by atoms with E-state index in [4.69, 9.17) is 9.47 Å². The van der Waals surface area contributed by atoms with Gasteiger partial charge in [0.15, 0.2) is 22.5 Å². The normalized spacial score (nSPS) is 16.1. The molecule has 2 heterocycles. The van der Waals surface area contributed by atoms with E-state index in [1.165, 1.54) is 11.8 Å². The van der Waals surface area contributed by atoms with Crippen molar-refractivity contribution in [3.63, 3.8) is 0 Å². The molecular weight excluding hydrogens is 438 g/mol. The number of ether oxygens (including phenoxy) is 2. The Kier molecular flexibility index (Phi) is 5.68. The molecule has 1 fully saturated rings. The number of nitrogens with one attached hydrogen (secondary N) is 1. The first kappa shape index (κ1) is 21.3. The molecule has 2 aromatic carbocycles. The third-order valence-electron chi connectivity index (χ3n) is 5.88. The highest BCUT2D eigenvalue weighted by molar-refractivity contribution is 7.99. The maximum Gasteiger partial charge on any atom is 0.231 e. The first-order valence-corrected chi connectivity index (χ1v) is 11.8. The van der Waals surface area contributed by atoms with Gasteiger partial charge < -0.3 is 14.8 Å². The number of nitriles is 1. The molecule has 0 spiro atoms. The summed E-state index contributed by atoms with van der Waals surface area (Å²) in [6.07, 6.45) is 1.95. The molecule has 168 valence electrons. The minimum atomic E-state index is -0.812. The van der Waals surface area contributed by atoms with Gasteiger partial charge in [-0.15, -0.1) is 10.2 Å². The van der Waals surface area contributed by atoms with Gasteiger partial charge in [-0.05, 0) is 43.4 Å². The maximum absolute atomic E-state index is 12.6. The number of fused-ring (bicyclic) bond motifs is 1. The van der Waals surface area contributed by atoms with Crippen LogP contribution in [0.5, 0.6) is 11.5 Å². The zero-order chi connectivity index (χ0) is 22.8. The zero-order valence-corrected chi connectivity index (χ0v) is 19.0. The van der Waals surface area contributed by atoms with Gasteiger partial charge in [-0.3, -0.25) is 9.36 Å². The standard InChI is InChI=1S/C24H23N5O3S/c1-24(14-25,18-8-9-18)26-21(30)13-33-23-28-27-22(17-5-3-2-4-6-17)29(23)12-16-7-10-19-20(11-16)32-15-31-19/h2-7,10-11,18H,8-9,12-13,15H2,1H3,(H,26,30). The highest BCUT2D eigenvalue weighted by Gasteiger charge is 2.43. The van der Waals surface area contributed by atoms with Crippen molar-refractivity contribution in [2.75, 3.05) is 12.5 Å². The summed E-state index contributed by atoms with van der Waals surface area (Å²) in [4.78, 5) is 12.6. The van der Waals surface area contributed by atoms with Crippen molar-refractivity contribution in [2.45, 2.75) is 37.0 Å². The summed E-state index contributed by atoms with van der Waals surface area (Å²) in [5, 5.41) is 21.8. The average molecular weight is 462 g/mol. The van der Waals surface area contributed by atoms with Crippen molar-refractivity contribution in [3.8, 4) is 29.0 Å². The highest BCUT2D eigenvalue weighted by atomic mass is 32.2. The van der Waals surface area contributed by atoms with Crippen LogP contribution in [0.25, 0.3) is 11.4 Å². The molecular formula is C24H23N5O3S. The van der Waals surface area contributed by atoms with Crippen LogP contribution >= 0.6 is 11.8 Å². The fraction of sp³-hybridized carbons (Fsp3) is 0.333. The van der Waals surface area contributed by atoms with Gasteiger partial charge in [-0.1, -0.05) is 48.2 Å². The molecule has 1 saturated carbocycles. The van der Waals surface area contributed by atoms with E-state index in [1.807, 2.05) is 53.1 Å². The number of carbonyl (C=O) groups excluding carboxylic acids is 1. The molecule has 1 amide bonds. The quantitative estimate of drug-likeness (QED) is 0.511. The van der Waals surface area contributed by atoms with Crippen molar-refractivity contribution in [1.82, 2.24) is 20.1 Å². The molecule has 9 heteroatoms. The fourth-order valence-corrected chi connectivity index (χ4v) is 4.64. The molecule has 33 heavy (non-hydrogen) atoms. The number of hydrogen-bond acceptors (Lipinski definition) is 7. The van der Waals surface area contributed by atoms with Crippen LogP contribution in [-0.4, -0.2) is 38.8 Å². The minimum Gasteiger partial charge on any atom is -0.454 e. The molecule has 8 nitrogen and oxygen atoms in total. The van der Waals surface area contributed by atoms with Crippen LogP contribution in [0.15, 0.2) is 53.7 Å². The Bertz CT molecular complexity index is 1220. The molecule has 1 aliphatic heterocycles. The smallest absolute Gasteiger partial charge is 0.231 e. The van der Waals surface area contributed by atoms with E-state index in [-0.39, 0.29) is 24.4 Å². The van der Waals surface area contributed by atoms with Crippen LogP contribution in [0.4, 0.5) is 0 Å². The summed E-state index contributed by atoms with van der Waals surface area (Å²) in [6.45, 7) is 2.53. The van der Waals surface area contributed by atoms with Crippen LogP contribution in [0.1, 0.15) is 25.3 Å². The van der Waals surface area contributed by atoms with Gasteiger partial charge in [0, 0.05) is 5.56 Å². The van der Waals surface area contributed by atoms with Crippen LogP contribution in [0.2, 0.25) is 0 Å². The molecule has 1 atom stereocenters. The third kappa shape index (κ3) is 4.52. The van der Waals surface area contributed by atoms with E-state index < -0.39 is 5.54 Å². The Balaban J connectivity index is 1.37. The van der Waals surface area contributed by atoms with Crippen molar-refractivity contribution in [2.24, 2.45) is 5.92 Å². The first-order chi connectivity index (χ1) is 16.1. The lowest BCUT2D eigenvalue weighted by molar-refractivity contribution is -0.119. The SMILES string of the molecule is CC(C#N)(NC(=O)CSc1nnc(-c2ccccc2)n1Cc1ccc2c(c1)OCO2)C1CC1. The van der Waals surface area contributed by atoms with Gasteiger partial charge in [0.05, 0.1) is 18.4 Å². The number of hydrogen-bond donors (Lipinski definition) is 1. The lowest BCUT2D eigenvalue weighted by Crippen LogP contribution is -2.47. The van der Waals surface area contributed by atoms with Gasteiger partial charge in [0.2, 0.25) is 12.7 Å². The summed E-state index contributed by atoms with van der Waals surface area (Å²) < 4.78 is 12.9. The molecule has 1 aromatic heterocycles. The Morgan fingerprint density at radius 2 is 2.00 bits per heavy atom. The van der Waals surface area contributed by atoms with Crippen LogP contribution < -0.4 is 14.8 Å². The minimum absolute atomic E-state index is 0.151. The molecule has 0 bridgehead atoms. The second-order valence-corrected chi connectivity index (χ2v) is 9.31.